The Hall–Kier alpha value is -2.88. The number of rotatable bonds is 8. The van der Waals surface area contributed by atoms with E-state index in [1.165, 1.54) is 22.3 Å². The highest BCUT2D eigenvalue weighted by molar-refractivity contribution is 5.98. The first-order chi connectivity index (χ1) is 13.3. The van der Waals surface area contributed by atoms with Crippen LogP contribution in [0.1, 0.15) is 23.1 Å². The molecule has 0 bridgehead atoms. The van der Waals surface area contributed by atoms with Gasteiger partial charge in [0, 0.05) is 6.54 Å². The van der Waals surface area contributed by atoms with E-state index >= 15 is 0 Å². The van der Waals surface area contributed by atoms with Gasteiger partial charge in [0.05, 0.1) is 0 Å². The molecule has 0 saturated carbocycles. The van der Waals surface area contributed by atoms with Crippen LogP contribution in [0.5, 0.6) is 5.75 Å². The molecular weight excluding hydrogens is 332 g/mol. The summed E-state index contributed by atoms with van der Waals surface area (Å²) < 4.78 is 5.63. The zero-order valence-corrected chi connectivity index (χ0v) is 15.5. The average molecular weight is 358 g/mol. The lowest BCUT2D eigenvalue weighted by Crippen LogP contribution is -2.10. The zero-order valence-electron chi connectivity index (χ0n) is 15.5. The number of nitrogens with two attached hydrogens (primary N) is 2. The van der Waals surface area contributed by atoms with Crippen molar-refractivity contribution in [1.82, 2.24) is 0 Å². The summed E-state index contributed by atoms with van der Waals surface area (Å²) in [4.78, 5) is 0. The zero-order chi connectivity index (χ0) is 18.9. The highest BCUT2D eigenvalue weighted by atomic mass is 16.5. The lowest BCUT2D eigenvalue weighted by molar-refractivity contribution is 0.328. The Morgan fingerprint density at radius 3 is 1.74 bits per heavy atom. The largest absolute Gasteiger partial charge is 0.492 e. The molecule has 3 aromatic rings. The van der Waals surface area contributed by atoms with E-state index in [1.807, 2.05) is 24.3 Å². The maximum absolute atomic E-state index is 5.97. The molecule has 0 amide bonds. The van der Waals surface area contributed by atoms with Gasteiger partial charge >= 0.3 is 0 Å². The lowest BCUT2D eigenvalue weighted by Gasteiger charge is -2.17. The number of benzene rings is 3. The fourth-order valence-electron chi connectivity index (χ4n) is 3.21. The molecule has 0 atom stereocenters. The third-order valence-electron chi connectivity index (χ3n) is 4.41. The minimum atomic E-state index is 0.506. The molecular formula is C24H26N2O. The fourth-order valence-corrected chi connectivity index (χ4v) is 3.21. The van der Waals surface area contributed by atoms with Crippen LogP contribution in [0.3, 0.4) is 0 Å². The van der Waals surface area contributed by atoms with Crippen molar-refractivity contribution in [1.29, 1.82) is 0 Å². The second-order valence-electron chi connectivity index (χ2n) is 6.29. The van der Waals surface area contributed by atoms with Crippen molar-refractivity contribution in [3.63, 3.8) is 0 Å². The van der Waals surface area contributed by atoms with Gasteiger partial charge in [-0.15, -0.1) is 0 Å². The van der Waals surface area contributed by atoms with Gasteiger partial charge in [-0.2, -0.15) is 0 Å². The highest BCUT2D eigenvalue weighted by Gasteiger charge is 2.13. The molecule has 27 heavy (non-hydrogen) atoms. The minimum absolute atomic E-state index is 0.506. The summed E-state index contributed by atoms with van der Waals surface area (Å²) in [6.07, 6.45) is 0.805. The number of ether oxygens (including phenoxy) is 1. The van der Waals surface area contributed by atoms with E-state index in [1.54, 1.807) is 0 Å². The molecule has 3 rings (SSSR count). The molecule has 0 fully saturated rings. The summed E-state index contributed by atoms with van der Waals surface area (Å²) in [5.41, 5.74) is 17.5. The predicted molar refractivity (Wildman–Crippen MR) is 113 cm³/mol. The van der Waals surface area contributed by atoms with Gasteiger partial charge in [0.1, 0.15) is 12.4 Å². The normalized spacial score (nSPS) is 11.8. The van der Waals surface area contributed by atoms with Gasteiger partial charge in [-0.1, -0.05) is 72.8 Å². The Balaban J connectivity index is 2.13. The molecule has 4 N–H and O–H groups in total. The van der Waals surface area contributed by atoms with Gasteiger partial charge in [0.25, 0.3) is 0 Å². The van der Waals surface area contributed by atoms with Crippen LogP contribution in [0, 0.1) is 0 Å². The second-order valence-corrected chi connectivity index (χ2v) is 6.29. The van der Waals surface area contributed by atoms with Crippen molar-refractivity contribution < 1.29 is 4.74 Å². The Bertz CT molecular complexity index is 856. The average Bonchev–Trinajstić information content (AvgIpc) is 2.74. The summed E-state index contributed by atoms with van der Waals surface area (Å²) >= 11 is 0. The van der Waals surface area contributed by atoms with Crippen LogP contribution < -0.4 is 16.2 Å². The molecule has 0 aliphatic rings. The molecule has 0 aliphatic heterocycles. The van der Waals surface area contributed by atoms with Gasteiger partial charge in [0.2, 0.25) is 0 Å². The Morgan fingerprint density at radius 1 is 0.630 bits per heavy atom. The molecule has 0 aliphatic carbocycles. The Labute approximate surface area is 161 Å². The van der Waals surface area contributed by atoms with Gasteiger partial charge in [-0.3, -0.25) is 0 Å². The van der Waals surface area contributed by atoms with Gasteiger partial charge in [-0.05, 0) is 52.9 Å². The van der Waals surface area contributed by atoms with Crippen LogP contribution in [0.15, 0.2) is 84.9 Å². The van der Waals surface area contributed by atoms with Crippen molar-refractivity contribution >= 4 is 11.1 Å². The highest BCUT2D eigenvalue weighted by Crippen LogP contribution is 2.34. The van der Waals surface area contributed by atoms with Crippen molar-refractivity contribution in [2.75, 3.05) is 19.7 Å². The second kappa shape index (κ2) is 9.72. The maximum Gasteiger partial charge on any atom is 0.119 e. The number of hydrogen-bond donors (Lipinski definition) is 2. The molecule has 3 nitrogen and oxygen atoms in total. The van der Waals surface area contributed by atoms with E-state index in [2.05, 4.69) is 60.7 Å². The van der Waals surface area contributed by atoms with Gasteiger partial charge in [0.15, 0.2) is 0 Å². The molecule has 0 heterocycles. The van der Waals surface area contributed by atoms with E-state index < -0.39 is 0 Å². The Kier molecular flexibility index (Phi) is 6.80. The van der Waals surface area contributed by atoms with Crippen LogP contribution in [0.25, 0.3) is 11.1 Å². The summed E-state index contributed by atoms with van der Waals surface area (Å²) in [7, 11) is 0. The first-order valence-electron chi connectivity index (χ1n) is 9.31. The molecule has 0 saturated heterocycles. The quantitative estimate of drug-likeness (QED) is 0.589. The van der Waals surface area contributed by atoms with E-state index in [0.717, 1.165) is 17.7 Å². The number of hydrogen-bond acceptors (Lipinski definition) is 3. The molecule has 3 heteroatoms. The van der Waals surface area contributed by atoms with E-state index in [4.69, 9.17) is 16.2 Å². The first-order valence-corrected chi connectivity index (χ1v) is 9.31. The van der Waals surface area contributed by atoms with E-state index in [0.29, 0.717) is 19.7 Å². The molecule has 0 unspecified atom stereocenters. The molecule has 0 aromatic heterocycles. The SMILES string of the molecule is NCCOc1ccc(/C(=C(/CCN)c2ccccc2)c2ccccc2)cc1. The fraction of sp³-hybridized carbons (Fsp3) is 0.167. The van der Waals surface area contributed by atoms with Gasteiger partial charge in [-0.25, -0.2) is 0 Å². The van der Waals surface area contributed by atoms with E-state index in [-0.39, 0.29) is 0 Å². The minimum Gasteiger partial charge on any atom is -0.492 e. The van der Waals surface area contributed by atoms with Crippen LogP contribution in [0.2, 0.25) is 0 Å². The summed E-state index contributed by atoms with van der Waals surface area (Å²) in [5, 5.41) is 0. The summed E-state index contributed by atoms with van der Waals surface area (Å²) in [6.45, 7) is 1.62. The molecule has 0 radical (unpaired) electrons. The maximum atomic E-state index is 5.97. The van der Waals surface area contributed by atoms with Crippen molar-refractivity contribution in [3.8, 4) is 5.75 Å². The van der Waals surface area contributed by atoms with E-state index in [9.17, 15) is 0 Å². The molecule has 3 aromatic carbocycles. The van der Waals surface area contributed by atoms with Crippen LogP contribution in [-0.2, 0) is 0 Å². The molecule has 0 spiro atoms. The van der Waals surface area contributed by atoms with Crippen molar-refractivity contribution in [2.45, 2.75) is 6.42 Å². The van der Waals surface area contributed by atoms with Crippen LogP contribution in [0.4, 0.5) is 0 Å². The smallest absolute Gasteiger partial charge is 0.119 e. The van der Waals surface area contributed by atoms with Crippen LogP contribution >= 0.6 is 0 Å². The standard InChI is InChI=1S/C24H26N2O/c25-16-15-23(19-7-3-1-4-8-19)24(20-9-5-2-6-10-20)21-11-13-22(14-12-21)27-18-17-26/h1-14H,15-18,25-26H2/b24-23-. The third kappa shape index (κ3) is 4.85. The Morgan fingerprint density at radius 2 is 1.19 bits per heavy atom. The van der Waals surface area contributed by atoms with Crippen molar-refractivity contribution in [3.05, 3.63) is 102 Å². The van der Waals surface area contributed by atoms with Gasteiger partial charge < -0.3 is 16.2 Å². The first kappa shape index (κ1) is 18.9. The predicted octanol–water partition coefficient (Wildman–Crippen LogP) is 4.33. The topological polar surface area (TPSA) is 61.3 Å². The van der Waals surface area contributed by atoms with Crippen LogP contribution in [-0.4, -0.2) is 19.7 Å². The van der Waals surface area contributed by atoms with Crippen molar-refractivity contribution in [2.24, 2.45) is 11.5 Å². The summed E-state index contributed by atoms with van der Waals surface area (Å²) in [5.74, 6) is 0.830. The summed E-state index contributed by atoms with van der Waals surface area (Å²) in [6, 6.07) is 29.1. The monoisotopic (exact) mass is 358 g/mol. The lowest BCUT2D eigenvalue weighted by atomic mass is 9.88. The molecule has 138 valence electrons. The third-order valence-corrected chi connectivity index (χ3v) is 4.41.